The molecule has 0 saturated heterocycles. The highest BCUT2D eigenvalue weighted by Gasteiger charge is 2.04. The normalized spacial score (nSPS) is 11.0. The van der Waals surface area contributed by atoms with Gasteiger partial charge in [-0.05, 0) is 23.8 Å². The topological polar surface area (TPSA) is 36.0 Å². The monoisotopic (exact) mass is 241 g/mol. The van der Waals surface area contributed by atoms with Crippen molar-refractivity contribution in [2.24, 2.45) is 0 Å². The van der Waals surface area contributed by atoms with Gasteiger partial charge in [0.1, 0.15) is 5.75 Å². The van der Waals surface area contributed by atoms with E-state index in [2.05, 4.69) is 4.98 Å². The van der Waals surface area contributed by atoms with Crippen LogP contribution in [0, 0.1) is 0 Å². The van der Waals surface area contributed by atoms with Crippen LogP contribution in [0.5, 0.6) is 5.75 Å². The zero-order valence-corrected chi connectivity index (χ0v) is 9.74. The predicted octanol–water partition coefficient (Wildman–Crippen LogP) is 3.35. The number of hydrogen-bond donors (Lipinski definition) is 2. The fraction of sp³-hybridized carbons (Fsp3) is 0.273. The van der Waals surface area contributed by atoms with E-state index in [0.29, 0.717) is 11.6 Å². The van der Waals surface area contributed by atoms with Gasteiger partial charge in [0.15, 0.2) is 0 Å². The molecule has 0 saturated carbocycles. The van der Waals surface area contributed by atoms with E-state index in [-0.39, 0.29) is 0 Å². The molecule has 2 rings (SSSR count). The van der Waals surface area contributed by atoms with Gasteiger partial charge in [0.2, 0.25) is 0 Å². The third-order valence-corrected chi connectivity index (χ3v) is 3.65. The standard InChI is InChI=1S/C11H12ClNOS/c12-3-4-15-7-8-6-13-11-2-1-9(14)5-10(8)11/h1-2,5-6,13-14H,3-4,7H2. The lowest BCUT2D eigenvalue weighted by Crippen LogP contribution is -1.82. The van der Waals surface area contributed by atoms with Crippen molar-refractivity contribution >= 4 is 34.3 Å². The summed E-state index contributed by atoms with van der Waals surface area (Å²) < 4.78 is 0. The zero-order valence-electron chi connectivity index (χ0n) is 8.16. The Morgan fingerprint density at radius 1 is 1.40 bits per heavy atom. The van der Waals surface area contributed by atoms with Crippen molar-refractivity contribution < 1.29 is 5.11 Å². The third kappa shape index (κ3) is 2.41. The number of phenols is 1. The molecule has 15 heavy (non-hydrogen) atoms. The van der Waals surface area contributed by atoms with Gasteiger partial charge >= 0.3 is 0 Å². The van der Waals surface area contributed by atoms with E-state index >= 15 is 0 Å². The van der Waals surface area contributed by atoms with Gasteiger partial charge in [-0.1, -0.05) is 0 Å². The van der Waals surface area contributed by atoms with Crippen molar-refractivity contribution in [3.63, 3.8) is 0 Å². The molecule has 0 fully saturated rings. The summed E-state index contributed by atoms with van der Waals surface area (Å²) in [7, 11) is 0. The maximum absolute atomic E-state index is 9.40. The molecule has 0 spiro atoms. The molecule has 80 valence electrons. The lowest BCUT2D eigenvalue weighted by Gasteiger charge is -1.98. The first-order valence-electron chi connectivity index (χ1n) is 4.74. The van der Waals surface area contributed by atoms with Crippen LogP contribution in [0.2, 0.25) is 0 Å². The Morgan fingerprint density at radius 2 is 2.27 bits per heavy atom. The van der Waals surface area contributed by atoms with Crippen LogP contribution in [0.1, 0.15) is 5.56 Å². The number of aromatic nitrogens is 1. The van der Waals surface area contributed by atoms with Crippen molar-refractivity contribution in [3.05, 3.63) is 30.0 Å². The van der Waals surface area contributed by atoms with E-state index in [0.717, 1.165) is 22.4 Å². The van der Waals surface area contributed by atoms with Crippen LogP contribution in [-0.4, -0.2) is 21.7 Å². The molecule has 0 aliphatic heterocycles. The van der Waals surface area contributed by atoms with Crippen molar-refractivity contribution in [2.75, 3.05) is 11.6 Å². The number of halogens is 1. The number of fused-ring (bicyclic) bond motifs is 1. The fourth-order valence-corrected chi connectivity index (χ4v) is 2.56. The molecule has 1 heterocycles. The molecule has 0 amide bonds. The lowest BCUT2D eigenvalue weighted by atomic mass is 10.2. The number of H-pyrrole nitrogens is 1. The summed E-state index contributed by atoms with van der Waals surface area (Å²) in [4.78, 5) is 3.18. The van der Waals surface area contributed by atoms with Crippen molar-refractivity contribution in [2.45, 2.75) is 5.75 Å². The first-order chi connectivity index (χ1) is 7.31. The maximum Gasteiger partial charge on any atom is 0.116 e. The summed E-state index contributed by atoms with van der Waals surface area (Å²) in [5, 5.41) is 10.5. The van der Waals surface area contributed by atoms with Gasteiger partial charge in [-0.2, -0.15) is 11.8 Å². The Labute approximate surface area is 97.6 Å². The van der Waals surface area contributed by atoms with Crippen LogP contribution < -0.4 is 0 Å². The largest absolute Gasteiger partial charge is 0.508 e. The van der Waals surface area contributed by atoms with Crippen LogP contribution in [0.3, 0.4) is 0 Å². The third-order valence-electron chi connectivity index (χ3n) is 2.23. The Morgan fingerprint density at radius 3 is 3.07 bits per heavy atom. The average molecular weight is 242 g/mol. The van der Waals surface area contributed by atoms with E-state index in [9.17, 15) is 5.11 Å². The summed E-state index contributed by atoms with van der Waals surface area (Å²) in [5.74, 6) is 2.87. The minimum atomic E-state index is 0.311. The second-order valence-corrected chi connectivity index (χ2v) is 4.77. The predicted molar refractivity (Wildman–Crippen MR) is 66.8 cm³/mol. The van der Waals surface area contributed by atoms with Gasteiger partial charge in [0.05, 0.1) is 0 Å². The number of alkyl halides is 1. The molecular formula is C11H12ClNOS. The van der Waals surface area contributed by atoms with Crippen molar-refractivity contribution in [3.8, 4) is 5.75 Å². The SMILES string of the molecule is Oc1ccc2[nH]cc(CSCCCl)c2c1. The second-order valence-electron chi connectivity index (χ2n) is 3.29. The van der Waals surface area contributed by atoms with Crippen LogP contribution in [0.4, 0.5) is 0 Å². The van der Waals surface area contributed by atoms with Gasteiger partial charge in [-0.15, -0.1) is 11.6 Å². The smallest absolute Gasteiger partial charge is 0.116 e. The van der Waals surface area contributed by atoms with E-state index in [1.165, 1.54) is 5.56 Å². The number of nitrogens with one attached hydrogen (secondary N) is 1. The molecule has 2 aromatic rings. The highest BCUT2D eigenvalue weighted by molar-refractivity contribution is 7.98. The number of aromatic hydroxyl groups is 1. The molecule has 1 aromatic heterocycles. The fourth-order valence-electron chi connectivity index (χ4n) is 1.52. The summed E-state index contributed by atoms with van der Waals surface area (Å²) >= 11 is 7.41. The lowest BCUT2D eigenvalue weighted by molar-refractivity contribution is 0.476. The highest BCUT2D eigenvalue weighted by atomic mass is 35.5. The molecule has 0 unspecified atom stereocenters. The van der Waals surface area contributed by atoms with E-state index < -0.39 is 0 Å². The summed E-state index contributed by atoms with van der Waals surface area (Å²) in [5.41, 5.74) is 2.28. The Hall–Kier alpha value is -0.800. The molecule has 1 aromatic carbocycles. The zero-order chi connectivity index (χ0) is 10.7. The molecule has 0 bridgehead atoms. The molecule has 0 aliphatic carbocycles. The Balaban J connectivity index is 2.23. The Kier molecular flexibility index (Phi) is 3.44. The summed E-state index contributed by atoms with van der Waals surface area (Å²) in [6.07, 6.45) is 1.99. The number of phenolic OH excluding ortho intramolecular Hbond substituents is 1. The first kappa shape index (κ1) is 10.7. The Bertz CT molecular complexity index is 455. The molecule has 4 heteroatoms. The molecular weight excluding hydrogens is 230 g/mol. The van der Waals surface area contributed by atoms with E-state index in [4.69, 9.17) is 11.6 Å². The van der Waals surface area contributed by atoms with Crippen LogP contribution in [-0.2, 0) is 5.75 Å². The van der Waals surface area contributed by atoms with Crippen LogP contribution in [0.25, 0.3) is 10.9 Å². The van der Waals surface area contributed by atoms with Gasteiger partial charge < -0.3 is 10.1 Å². The van der Waals surface area contributed by atoms with Gasteiger partial charge in [-0.25, -0.2) is 0 Å². The minimum absolute atomic E-state index is 0.311. The first-order valence-corrected chi connectivity index (χ1v) is 6.43. The van der Waals surface area contributed by atoms with Crippen molar-refractivity contribution in [1.29, 1.82) is 0 Å². The second kappa shape index (κ2) is 4.81. The average Bonchev–Trinajstić information content (AvgIpc) is 2.62. The number of thioether (sulfide) groups is 1. The molecule has 2 N–H and O–H groups in total. The highest BCUT2D eigenvalue weighted by Crippen LogP contribution is 2.25. The van der Waals surface area contributed by atoms with Crippen molar-refractivity contribution in [1.82, 2.24) is 4.98 Å². The molecule has 0 radical (unpaired) electrons. The van der Waals surface area contributed by atoms with E-state index in [1.807, 2.05) is 12.3 Å². The molecule has 0 aliphatic rings. The number of hydrogen-bond acceptors (Lipinski definition) is 2. The number of aromatic amines is 1. The van der Waals surface area contributed by atoms with Gasteiger partial charge in [-0.3, -0.25) is 0 Å². The molecule has 2 nitrogen and oxygen atoms in total. The van der Waals surface area contributed by atoms with Gasteiger partial charge in [0.25, 0.3) is 0 Å². The van der Waals surface area contributed by atoms with Crippen LogP contribution >= 0.6 is 23.4 Å². The number of benzene rings is 1. The summed E-state index contributed by atoms with van der Waals surface area (Å²) in [6.45, 7) is 0. The van der Waals surface area contributed by atoms with Gasteiger partial charge in [0, 0.05) is 34.5 Å². The maximum atomic E-state index is 9.40. The minimum Gasteiger partial charge on any atom is -0.508 e. The van der Waals surface area contributed by atoms with E-state index in [1.54, 1.807) is 23.9 Å². The molecule has 0 atom stereocenters. The van der Waals surface area contributed by atoms with Crippen LogP contribution in [0.15, 0.2) is 24.4 Å². The summed E-state index contributed by atoms with van der Waals surface area (Å²) in [6, 6.07) is 5.37. The number of rotatable bonds is 4. The quantitative estimate of drug-likeness (QED) is 0.636.